The van der Waals surface area contributed by atoms with E-state index in [4.69, 9.17) is 9.56 Å². The fraction of sp³-hybridized carbons (Fsp3) is 0.476. The van der Waals surface area contributed by atoms with Gasteiger partial charge in [0.15, 0.2) is 0 Å². The zero-order valence-corrected chi connectivity index (χ0v) is 17.4. The van der Waals surface area contributed by atoms with Gasteiger partial charge in [0.25, 0.3) is 15.9 Å². The number of carbonyl (C=O) groups excluding carboxylic acids is 1. The molecule has 2 aliphatic rings. The maximum atomic E-state index is 13.3. The van der Waals surface area contributed by atoms with Gasteiger partial charge in [-0.25, -0.2) is 13.6 Å². The van der Waals surface area contributed by atoms with Crippen molar-refractivity contribution in [3.05, 3.63) is 46.2 Å². The quantitative estimate of drug-likeness (QED) is 0.666. The summed E-state index contributed by atoms with van der Waals surface area (Å²) >= 11 is 0. The normalized spacial score (nSPS) is 16.7. The molecule has 0 spiro atoms. The highest BCUT2D eigenvalue weighted by Gasteiger charge is 2.35. The fourth-order valence-corrected chi connectivity index (χ4v) is 4.73. The minimum absolute atomic E-state index is 0.0790. The second-order valence-corrected chi connectivity index (χ2v) is 10.1. The molecule has 0 bridgehead atoms. The van der Waals surface area contributed by atoms with E-state index in [0.717, 1.165) is 48.8 Å². The van der Waals surface area contributed by atoms with Crippen LogP contribution in [-0.4, -0.2) is 19.4 Å². The number of anilines is 1. The van der Waals surface area contributed by atoms with Gasteiger partial charge >= 0.3 is 0 Å². The largest absolute Gasteiger partial charge is 0.451 e. The average molecular weight is 419 g/mol. The third-order valence-electron chi connectivity index (χ3n) is 5.72. The second kappa shape index (κ2) is 6.97. The molecule has 2 aromatic rings. The van der Waals surface area contributed by atoms with Gasteiger partial charge in [-0.05, 0) is 75.0 Å². The Balaban J connectivity index is 1.78. The molecule has 1 heterocycles. The number of nitrogens with one attached hydrogen (secondary N) is 1. The lowest BCUT2D eigenvalue weighted by molar-refractivity contribution is 0.0754. The number of benzene rings is 1. The number of primary sulfonamides is 1. The van der Waals surface area contributed by atoms with Crippen LogP contribution in [0.25, 0.3) is 0 Å². The van der Waals surface area contributed by atoms with Gasteiger partial charge in [-0.15, -0.1) is 0 Å². The van der Waals surface area contributed by atoms with Gasteiger partial charge in [0.1, 0.15) is 5.56 Å². The van der Waals surface area contributed by atoms with E-state index >= 15 is 0 Å². The molecule has 0 atom stereocenters. The molecular weight excluding hydrogens is 392 g/mol. The van der Waals surface area contributed by atoms with Crippen LogP contribution in [0.5, 0.6) is 0 Å². The average Bonchev–Trinajstić information content (AvgIpc) is 3.10. The number of nitrogens with two attached hydrogens (primary N) is 1. The zero-order chi connectivity index (χ0) is 21.0. The first kappa shape index (κ1) is 20.1. The van der Waals surface area contributed by atoms with Crippen LogP contribution in [0.1, 0.15) is 65.7 Å². The molecule has 156 valence electrons. The van der Waals surface area contributed by atoms with E-state index in [1.54, 1.807) is 0 Å². The SMILES string of the molecule is CC(C)(O)c1coc(S(N)(=O)=O)c1C(=O)Nc1c(CC2CC2)ccc2c1CCC2. The lowest BCUT2D eigenvalue weighted by Crippen LogP contribution is -2.25. The Bertz CT molecular complexity index is 1080. The van der Waals surface area contributed by atoms with Gasteiger partial charge in [0.05, 0.1) is 11.9 Å². The Morgan fingerprint density at radius 1 is 1.31 bits per heavy atom. The van der Waals surface area contributed by atoms with E-state index in [-0.39, 0.29) is 11.1 Å². The van der Waals surface area contributed by atoms with Gasteiger partial charge < -0.3 is 14.8 Å². The lowest BCUT2D eigenvalue weighted by atomic mass is 9.96. The zero-order valence-electron chi connectivity index (χ0n) is 16.6. The van der Waals surface area contributed by atoms with E-state index in [1.807, 2.05) is 0 Å². The highest BCUT2D eigenvalue weighted by molar-refractivity contribution is 7.89. The monoisotopic (exact) mass is 418 g/mol. The van der Waals surface area contributed by atoms with Crippen LogP contribution in [0.2, 0.25) is 0 Å². The Morgan fingerprint density at radius 3 is 2.66 bits per heavy atom. The summed E-state index contributed by atoms with van der Waals surface area (Å²) in [4.78, 5) is 13.3. The number of amides is 1. The van der Waals surface area contributed by atoms with Gasteiger partial charge in [-0.2, -0.15) is 0 Å². The maximum Gasteiger partial charge on any atom is 0.272 e. The molecule has 7 nitrogen and oxygen atoms in total. The number of carbonyl (C=O) groups is 1. The molecule has 8 heteroatoms. The smallest absolute Gasteiger partial charge is 0.272 e. The van der Waals surface area contributed by atoms with Crippen LogP contribution in [0.3, 0.4) is 0 Å². The van der Waals surface area contributed by atoms with Gasteiger partial charge in [-0.1, -0.05) is 12.1 Å². The second-order valence-electron chi connectivity index (χ2n) is 8.61. The number of aliphatic hydroxyl groups is 1. The highest BCUT2D eigenvalue weighted by atomic mass is 32.2. The maximum absolute atomic E-state index is 13.3. The first-order chi connectivity index (χ1) is 13.6. The van der Waals surface area contributed by atoms with Crippen LogP contribution < -0.4 is 10.5 Å². The molecule has 1 saturated carbocycles. The fourth-order valence-electron chi connectivity index (χ4n) is 4.06. The third-order valence-corrected chi connectivity index (χ3v) is 6.53. The molecule has 1 aromatic heterocycles. The number of aryl methyl sites for hydroxylation is 1. The number of furan rings is 1. The molecule has 1 aromatic carbocycles. The van der Waals surface area contributed by atoms with Crippen molar-refractivity contribution in [2.24, 2.45) is 11.1 Å². The number of sulfonamides is 1. The molecule has 1 amide bonds. The van der Waals surface area contributed by atoms with Crippen molar-refractivity contribution in [1.82, 2.24) is 0 Å². The Kier molecular flexibility index (Phi) is 4.83. The van der Waals surface area contributed by atoms with Crippen LogP contribution in [-0.2, 0) is 34.9 Å². The number of hydrogen-bond donors (Lipinski definition) is 3. The number of fused-ring (bicyclic) bond motifs is 1. The van der Waals surface area contributed by atoms with Crippen molar-refractivity contribution in [2.45, 2.75) is 63.1 Å². The standard InChI is InChI=1S/C21H26N2O5S/c1-21(2,25)16-11-28-20(29(22,26)27)17(16)19(24)23-18-14(10-12-6-7-12)9-8-13-4-3-5-15(13)18/h8-9,11-12,25H,3-7,10H2,1-2H3,(H,23,24)(H2,22,26,27). The van der Waals surface area contributed by atoms with Gasteiger partial charge in [-0.3, -0.25) is 4.79 Å². The summed E-state index contributed by atoms with van der Waals surface area (Å²) in [5, 5.41) is 18.0. The summed E-state index contributed by atoms with van der Waals surface area (Å²) in [7, 11) is -4.28. The van der Waals surface area contributed by atoms with Crippen LogP contribution in [0.4, 0.5) is 5.69 Å². The van der Waals surface area contributed by atoms with Crippen LogP contribution >= 0.6 is 0 Å². The summed E-state index contributed by atoms with van der Waals surface area (Å²) < 4.78 is 29.1. The highest BCUT2D eigenvalue weighted by Crippen LogP contribution is 2.39. The Labute approximate surface area is 170 Å². The van der Waals surface area contributed by atoms with Crippen molar-refractivity contribution in [1.29, 1.82) is 0 Å². The molecule has 4 N–H and O–H groups in total. The molecule has 2 aliphatic carbocycles. The molecule has 0 unspecified atom stereocenters. The summed E-state index contributed by atoms with van der Waals surface area (Å²) in [6.45, 7) is 2.92. The first-order valence-electron chi connectivity index (χ1n) is 9.88. The minimum atomic E-state index is -4.28. The summed E-state index contributed by atoms with van der Waals surface area (Å²) in [5.41, 5.74) is 2.51. The number of hydrogen-bond acceptors (Lipinski definition) is 5. The first-order valence-corrected chi connectivity index (χ1v) is 11.4. The Hall–Kier alpha value is -2.16. The van der Waals surface area contributed by atoms with E-state index in [1.165, 1.54) is 32.3 Å². The summed E-state index contributed by atoms with van der Waals surface area (Å²) in [6.07, 6.45) is 7.19. The third kappa shape index (κ3) is 3.97. The molecular formula is C21H26N2O5S. The van der Waals surface area contributed by atoms with Gasteiger partial charge in [0, 0.05) is 11.3 Å². The molecule has 1 fully saturated rings. The lowest BCUT2D eigenvalue weighted by Gasteiger charge is -2.19. The predicted octanol–water partition coefficient (Wildman–Crippen LogP) is 2.85. The predicted molar refractivity (Wildman–Crippen MR) is 108 cm³/mol. The molecule has 0 aliphatic heterocycles. The van der Waals surface area contributed by atoms with E-state index < -0.39 is 26.6 Å². The van der Waals surface area contributed by atoms with Crippen molar-refractivity contribution < 1.29 is 22.7 Å². The topological polar surface area (TPSA) is 123 Å². The van der Waals surface area contributed by atoms with E-state index in [9.17, 15) is 18.3 Å². The Morgan fingerprint density at radius 2 is 2.03 bits per heavy atom. The van der Waals surface area contributed by atoms with Crippen LogP contribution in [0.15, 0.2) is 27.9 Å². The van der Waals surface area contributed by atoms with Gasteiger partial charge in [0.2, 0.25) is 5.09 Å². The molecule has 4 rings (SSSR count). The molecule has 0 radical (unpaired) electrons. The molecule has 0 saturated heterocycles. The summed E-state index contributed by atoms with van der Waals surface area (Å²) in [6, 6.07) is 4.19. The van der Waals surface area contributed by atoms with Crippen molar-refractivity contribution >= 4 is 21.6 Å². The van der Waals surface area contributed by atoms with Crippen molar-refractivity contribution in [3.63, 3.8) is 0 Å². The van der Waals surface area contributed by atoms with Crippen molar-refractivity contribution in [2.75, 3.05) is 5.32 Å². The minimum Gasteiger partial charge on any atom is -0.451 e. The van der Waals surface area contributed by atoms with E-state index in [0.29, 0.717) is 5.92 Å². The molecule has 29 heavy (non-hydrogen) atoms. The summed E-state index contributed by atoms with van der Waals surface area (Å²) in [5.74, 6) is -0.0109. The number of rotatable bonds is 6. The van der Waals surface area contributed by atoms with E-state index in [2.05, 4.69) is 17.4 Å². The van der Waals surface area contributed by atoms with Crippen LogP contribution in [0, 0.1) is 5.92 Å². The van der Waals surface area contributed by atoms with Crippen molar-refractivity contribution in [3.8, 4) is 0 Å².